The lowest BCUT2D eigenvalue weighted by Crippen LogP contribution is -2.76. The normalized spacial score (nSPS) is 28.7. The highest BCUT2D eigenvalue weighted by atomic mass is 15.5. The third kappa shape index (κ3) is 2.33. The van der Waals surface area contributed by atoms with Gasteiger partial charge in [0, 0.05) is 19.1 Å². The molecule has 2 nitrogen and oxygen atoms in total. The first-order valence-corrected chi connectivity index (χ1v) is 10.8. The first-order chi connectivity index (χ1) is 13.4. The van der Waals surface area contributed by atoms with Crippen LogP contribution < -0.4 is 0 Å². The predicted octanol–water partition coefficient (Wildman–Crippen LogP) is 5.54. The van der Waals surface area contributed by atoms with Crippen molar-refractivity contribution < 1.29 is 0 Å². The van der Waals surface area contributed by atoms with Gasteiger partial charge in [-0.05, 0) is 65.4 Å². The smallest absolute Gasteiger partial charge is 0.0758 e. The highest BCUT2D eigenvalue weighted by Crippen LogP contribution is 2.51. The van der Waals surface area contributed by atoms with Crippen molar-refractivity contribution in [3.8, 4) is 0 Å². The van der Waals surface area contributed by atoms with E-state index in [4.69, 9.17) is 0 Å². The van der Waals surface area contributed by atoms with Crippen molar-refractivity contribution in [3.63, 3.8) is 0 Å². The Balaban J connectivity index is 1.48. The van der Waals surface area contributed by atoms with Crippen molar-refractivity contribution in [3.05, 3.63) is 60.2 Å². The number of hydrogen-bond acceptors (Lipinski definition) is 2. The first-order valence-electron chi connectivity index (χ1n) is 10.8. The van der Waals surface area contributed by atoms with Gasteiger partial charge >= 0.3 is 0 Å². The summed E-state index contributed by atoms with van der Waals surface area (Å²) in [5.74, 6) is 0. The number of rotatable bonds is 2. The number of fused-ring (bicyclic) bond motifs is 3. The molecule has 0 radical (unpaired) electrons. The van der Waals surface area contributed by atoms with E-state index in [1.165, 1.54) is 73.2 Å². The highest BCUT2D eigenvalue weighted by molar-refractivity contribution is 6.02. The van der Waals surface area contributed by atoms with Crippen LogP contribution in [0.5, 0.6) is 0 Å². The summed E-state index contributed by atoms with van der Waals surface area (Å²) >= 11 is 0. The largest absolute Gasteiger partial charge is 0.285 e. The van der Waals surface area contributed by atoms with Gasteiger partial charge in [0.25, 0.3) is 0 Å². The number of benzene rings is 3. The molecule has 3 saturated heterocycles. The van der Waals surface area contributed by atoms with E-state index in [-0.39, 0.29) is 0 Å². The van der Waals surface area contributed by atoms with Crippen molar-refractivity contribution >= 4 is 21.5 Å². The summed E-state index contributed by atoms with van der Waals surface area (Å²) in [5, 5.41) is 5.65. The fraction of sp³-hybridized carbons (Fsp3) is 0.440. The summed E-state index contributed by atoms with van der Waals surface area (Å²) in [7, 11) is 0. The molecule has 2 atom stereocenters. The summed E-state index contributed by atoms with van der Waals surface area (Å²) in [6, 6.07) is 21.1. The van der Waals surface area contributed by atoms with Crippen LogP contribution in [0.2, 0.25) is 0 Å². The third-order valence-corrected chi connectivity index (χ3v) is 7.58. The van der Waals surface area contributed by atoms with Gasteiger partial charge in [-0.1, -0.05) is 61.4 Å². The van der Waals surface area contributed by atoms with Crippen LogP contribution in [-0.2, 0) is 6.54 Å². The minimum Gasteiger partial charge on any atom is -0.285 e. The summed E-state index contributed by atoms with van der Waals surface area (Å²) in [4.78, 5) is 5.73. The second-order valence-corrected chi connectivity index (χ2v) is 8.85. The summed E-state index contributed by atoms with van der Waals surface area (Å²) in [6.45, 7) is 3.72. The van der Waals surface area contributed by atoms with Crippen LogP contribution in [0.4, 0.5) is 0 Å². The Hall–Kier alpha value is -1.90. The van der Waals surface area contributed by atoms with Crippen molar-refractivity contribution in [1.82, 2.24) is 9.80 Å². The average Bonchev–Trinajstić information content (AvgIpc) is 2.95. The molecule has 138 valence electrons. The molecule has 3 aromatic carbocycles. The van der Waals surface area contributed by atoms with Crippen molar-refractivity contribution in [2.24, 2.45) is 0 Å². The molecular weight excluding hydrogens is 328 g/mol. The van der Waals surface area contributed by atoms with Gasteiger partial charge in [0.05, 0.1) is 5.66 Å². The fourth-order valence-corrected chi connectivity index (χ4v) is 6.25. The molecule has 0 aromatic heterocycles. The minimum atomic E-state index is 0.359. The van der Waals surface area contributed by atoms with Gasteiger partial charge < -0.3 is 0 Å². The molecule has 3 aliphatic heterocycles. The quantitative estimate of drug-likeness (QED) is 0.556. The fourth-order valence-electron chi connectivity index (χ4n) is 6.25. The van der Waals surface area contributed by atoms with Crippen LogP contribution in [0.25, 0.3) is 21.5 Å². The SMILES string of the molecule is c1ccc2c(CN3[C@H]4CCN5CCCCC[C@]53C4)c3ccccc3cc2c1. The van der Waals surface area contributed by atoms with Crippen LogP contribution in [0.1, 0.15) is 44.1 Å². The number of nitrogens with zero attached hydrogens (tertiary/aromatic N) is 2. The lowest BCUT2D eigenvalue weighted by atomic mass is 9.75. The molecule has 3 aromatic rings. The van der Waals surface area contributed by atoms with Gasteiger partial charge in [-0.15, -0.1) is 0 Å². The van der Waals surface area contributed by atoms with E-state index in [0.29, 0.717) is 5.66 Å². The zero-order valence-corrected chi connectivity index (χ0v) is 16.0. The van der Waals surface area contributed by atoms with E-state index in [2.05, 4.69) is 64.4 Å². The molecule has 3 fully saturated rings. The molecule has 0 aliphatic carbocycles. The van der Waals surface area contributed by atoms with Crippen LogP contribution >= 0.6 is 0 Å². The topological polar surface area (TPSA) is 6.48 Å². The van der Waals surface area contributed by atoms with Gasteiger partial charge in [0.2, 0.25) is 0 Å². The van der Waals surface area contributed by atoms with Crippen LogP contribution in [-0.4, -0.2) is 34.6 Å². The van der Waals surface area contributed by atoms with Gasteiger partial charge in [-0.25, -0.2) is 0 Å². The third-order valence-electron chi connectivity index (χ3n) is 7.58. The van der Waals surface area contributed by atoms with Gasteiger partial charge in [-0.2, -0.15) is 0 Å². The Bertz CT molecular complexity index is 956. The average molecular weight is 357 g/mol. The maximum atomic E-state index is 2.88. The van der Waals surface area contributed by atoms with Crippen molar-refractivity contribution in [2.75, 3.05) is 13.1 Å². The summed E-state index contributed by atoms with van der Waals surface area (Å²) in [6.07, 6.45) is 8.31. The van der Waals surface area contributed by atoms with E-state index in [1.807, 2.05) is 0 Å². The lowest BCUT2D eigenvalue weighted by Gasteiger charge is -2.67. The van der Waals surface area contributed by atoms with E-state index < -0.39 is 0 Å². The first kappa shape index (κ1) is 16.1. The molecule has 0 unspecified atom stereocenters. The van der Waals surface area contributed by atoms with E-state index in [1.54, 1.807) is 5.56 Å². The zero-order valence-electron chi connectivity index (χ0n) is 16.0. The predicted molar refractivity (Wildman–Crippen MR) is 113 cm³/mol. The summed E-state index contributed by atoms with van der Waals surface area (Å²) in [5.41, 5.74) is 1.90. The molecule has 0 N–H and O–H groups in total. The van der Waals surface area contributed by atoms with Gasteiger partial charge in [-0.3, -0.25) is 9.80 Å². The van der Waals surface area contributed by atoms with Crippen LogP contribution in [0, 0.1) is 0 Å². The molecule has 3 heterocycles. The Morgan fingerprint density at radius 2 is 1.59 bits per heavy atom. The standard InChI is InChI=1S/C25H28N2/c1-6-13-25-17-21(12-15-26(25)14-7-1)27(25)18-24-22-10-4-2-8-19(22)16-20-9-3-5-11-23(20)24/h2-5,8-11,16,21H,1,6-7,12-15,17-18H2/t21-,25-/m0/s1. The van der Waals surface area contributed by atoms with Crippen LogP contribution in [0.3, 0.4) is 0 Å². The van der Waals surface area contributed by atoms with Crippen molar-refractivity contribution in [1.29, 1.82) is 0 Å². The Kier molecular flexibility index (Phi) is 3.61. The Labute approximate surface area is 161 Å². The Morgan fingerprint density at radius 3 is 2.37 bits per heavy atom. The lowest BCUT2D eigenvalue weighted by molar-refractivity contribution is -0.215. The molecule has 0 saturated carbocycles. The molecule has 2 heteroatoms. The van der Waals surface area contributed by atoms with Gasteiger partial charge in [0.15, 0.2) is 0 Å². The van der Waals surface area contributed by atoms with Crippen molar-refractivity contribution in [2.45, 2.75) is 56.8 Å². The maximum Gasteiger partial charge on any atom is 0.0758 e. The molecule has 1 spiro atoms. The van der Waals surface area contributed by atoms with E-state index >= 15 is 0 Å². The second-order valence-electron chi connectivity index (χ2n) is 8.85. The molecular formula is C25H28N2. The van der Waals surface area contributed by atoms with Gasteiger partial charge in [0.1, 0.15) is 0 Å². The minimum absolute atomic E-state index is 0.359. The van der Waals surface area contributed by atoms with E-state index in [9.17, 15) is 0 Å². The van der Waals surface area contributed by atoms with Crippen LogP contribution in [0.15, 0.2) is 54.6 Å². The molecule has 27 heavy (non-hydrogen) atoms. The maximum absolute atomic E-state index is 2.88. The molecule has 0 amide bonds. The number of hydrogen-bond donors (Lipinski definition) is 0. The number of piperidine rings is 1. The summed E-state index contributed by atoms with van der Waals surface area (Å²) < 4.78 is 0. The highest BCUT2D eigenvalue weighted by Gasteiger charge is 2.57. The monoisotopic (exact) mass is 356 g/mol. The molecule has 6 rings (SSSR count). The zero-order chi connectivity index (χ0) is 17.8. The van der Waals surface area contributed by atoms with E-state index in [0.717, 1.165) is 12.6 Å². The molecule has 2 bridgehead atoms. The molecule has 3 aliphatic rings. The Morgan fingerprint density at radius 1 is 0.852 bits per heavy atom. The second kappa shape index (κ2) is 6.05.